The summed E-state index contributed by atoms with van der Waals surface area (Å²) in [5, 5.41) is 0. The normalized spacial score (nSPS) is 25.4. The van der Waals surface area contributed by atoms with Gasteiger partial charge in [0.05, 0.1) is 0 Å². The Balaban J connectivity index is 2.34. The fourth-order valence-electron chi connectivity index (χ4n) is 1.86. The Morgan fingerprint density at radius 3 is 2.73 bits per heavy atom. The minimum absolute atomic E-state index is 0.518. The first-order valence-corrected chi connectivity index (χ1v) is 4.96. The zero-order valence-electron chi connectivity index (χ0n) is 7.57. The van der Waals surface area contributed by atoms with Gasteiger partial charge in [-0.05, 0) is 24.8 Å². The molecule has 2 heteroatoms. The van der Waals surface area contributed by atoms with Gasteiger partial charge in [0.15, 0.2) is 0 Å². The molecule has 0 radical (unpaired) electrons. The van der Waals surface area contributed by atoms with Crippen molar-refractivity contribution in [1.29, 1.82) is 0 Å². The zero-order chi connectivity index (χ0) is 8.32. The van der Waals surface area contributed by atoms with Crippen LogP contribution in [-0.2, 0) is 0 Å². The lowest BCUT2D eigenvalue weighted by atomic mass is 9.84. The SMILES string of the molecule is CC1(C)CCCN(CCCl)C1. The van der Waals surface area contributed by atoms with Crippen molar-refractivity contribution in [1.82, 2.24) is 4.90 Å². The summed E-state index contributed by atoms with van der Waals surface area (Å²) < 4.78 is 0. The number of piperidine rings is 1. The topological polar surface area (TPSA) is 3.24 Å². The highest BCUT2D eigenvalue weighted by molar-refractivity contribution is 6.18. The second kappa shape index (κ2) is 3.77. The second-order valence-corrected chi connectivity index (χ2v) is 4.61. The molecule has 1 aliphatic heterocycles. The summed E-state index contributed by atoms with van der Waals surface area (Å²) in [7, 11) is 0. The molecule has 0 aromatic rings. The zero-order valence-corrected chi connectivity index (χ0v) is 8.32. The monoisotopic (exact) mass is 175 g/mol. The summed E-state index contributed by atoms with van der Waals surface area (Å²) in [6.07, 6.45) is 2.70. The van der Waals surface area contributed by atoms with Crippen LogP contribution in [0.15, 0.2) is 0 Å². The van der Waals surface area contributed by atoms with Gasteiger partial charge >= 0.3 is 0 Å². The van der Waals surface area contributed by atoms with Crippen LogP contribution >= 0.6 is 11.6 Å². The third-order valence-electron chi connectivity index (χ3n) is 2.38. The molecule has 11 heavy (non-hydrogen) atoms. The standard InChI is InChI=1S/C9H18ClN/c1-9(2)4-3-6-11(8-9)7-5-10/h3-8H2,1-2H3. The predicted octanol–water partition coefficient (Wildman–Crippen LogP) is 2.35. The van der Waals surface area contributed by atoms with E-state index in [1.807, 2.05) is 0 Å². The second-order valence-electron chi connectivity index (χ2n) is 4.23. The van der Waals surface area contributed by atoms with Crippen molar-refractivity contribution in [2.24, 2.45) is 5.41 Å². The number of hydrogen-bond acceptors (Lipinski definition) is 1. The summed E-state index contributed by atoms with van der Waals surface area (Å²) in [6.45, 7) is 8.21. The van der Waals surface area contributed by atoms with E-state index in [2.05, 4.69) is 18.7 Å². The van der Waals surface area contributed by atoms with Crippen LogP contribution in [-0.4, -0.2) is 30.4 Å². The third kappa shape index (κ3) is 3.00. The fourth-order valence-corrected chi connectivity index (χ4v) is 2.09. The van der Waals surface area contributed by atoms with Gasteiger partial charge in [0.25, 0.3) is 0 Å². The van der Waals surface area contributed by atoms with E-state index in [9.17, 15) is 0 Å². The van der Waals surface area contributed by atoms with E-state index < -0.39 is 0 Å². The highest BCUT2D eigenvalue weighted by atomic mass is 35.5. The summed E-state index contributed by atoms with van der Waals surface area (Å²) in [4.78, 5) is 2.47. The van der Waals surface area contributed by atoms with Gasteiger partial charge in [-0.3, -0.25) is 0 Å². The Kier molecular flexibility index (Phi) is 3.20. The van der Waals surface area contributed by atoms with Gasteiger partial charge < -0.3 is 4.90 Å². The minimum Gasteiger partial charge on any atom is -0.302 e. The van der Waals surface area contributed by atoms with Crippen LogP contribution in [0.4, 0.5) is 0 Å². The molecule has 0 atom stereocenters. The molecule has 1 saturated heterocycles. The van der Waals surface area contributed by atoms with Gasteiger partial charge in [0.2, 0.25) is 0 Å². The molecule has 1 fully saturated rings. The van der Waals surface area contributed by atoms with Crippen molar-refractivity contribution in [3.63, 3.8) is 0 Å². The van der Waals surface area contributed by atoms with E-state index in [1.165, 1.54) is 25.9 Å². The van der Waals surface area contributed by atoms with Crippen LogP contribution in [0.25, 0.3) is 0 Å². The van der Waals surface area contributed by atoms with Crippen molar-refractivity contribution in [2.75, 3.05) is 25.5 Å². The van der Waals surface area contributed by atoms with E-state index in [4.69, 9.17) is 11.6 Å². The predicted molar refractivity (Wildman–Crippen MR) is 50.2 cm³/mol. The Morgan fingerprint density at radius 2 is 2.18 bits per heavy atom. The molecule has 0 saturated carbocycles. The van der Waals surface area contributed by atoms with Crippen LogP contribution < -0.4 is 0 Å². The molecule has 0 spiro atoms. The number of likely N-dealkylation sites (tertiary alicyclic amines) is 1. The average Bonchev–Trinajstić information content (AvgIpc) is 1.85. The Labute approximate surface area is 74.7 Å². The van der Waals surface area contributed by atoms with Gasteiger partial charge in [-0.1, -0.05) is 13.8 Å². The summed E-state index contributed by atoms with van der Waals surface area (Å²) in [6, 6.07) is 0. The van der Waals surface area contributed by atoms with Gasteiger partial charge in [0.1, 0.15) is 0 Å². The highest BCUT2D eigenvalue weighted by Crippen LogP contribution is 2.27. The maximum atomic E-state index is 5.69. The van der Waals surface area contributed by atoms with E-state index in [0.717, 1.165) is 12.4 Å². The number of halogens is 1. The lowest BCUT2D eigenvalue weighted by Gasteiger charge is -2.37. The summed E-state index contributed by atoms with van der Waals surface area (Å²) in [5.41, 5.74) is 0.518. The van der Waals surface area contributed by atoms with E-state index in [1.54, 1.807) is 0 Å². The van der Waals surface area contributed by atoms with E-state index >= 15 is 0 Å². The number of alkyl halides is 1. The van der Waals surface area contributed by atoms with Crippen molar-refractivity contribution < 1.29 is 0 Å². The first kappa shape index (κ1) is 9.34. The van der Waals surface area contributed by atoms with E-state index in [-0.39, 0.29) is 0 Å². The first-order chi connectivity index (χ1) is 5.14. The number of hydrogen-bond donors (Lipinski definition) is 0. The molecule has 0 aliphatic carbocycles. The van der Waals surface area contributed by atoms with Gasteiger partial charge in [-0.25, -0.2) is 0 Å². The smallest absolute Gasteiger partial charge is 0.0351 e. The lowest BCUT2D eigenvalue weighted by Crippen LogP contribution is -2.40. The maximum absolute atomic E-state index is 5.69. The first-order valence-electron chi connectivity index (χ1n) is 4.42. The molecule has 1 rings (SSSR count). The van der Waals surface area contributed by atoms with Gasteiger partial charge in [-0.2, -0.15) is 0 Å². The highest BCUT2D eigenvalue weighted by Gasteiger charge is 2.25. The molecule has 1 nitrogen and oxygen atoms in total. The van der Waals surface area contributed by atoms with Crippen LogP contribution in [0.5, 0.6) is 0 Å². The Bertz CT molecular complexity index is 121. The largest absolute Gasteiger partial charge is 0.302 e. The molecule has 0 aromatic carbocycles. The van der Waals surface area contributed by atoms with Crippen molar-refractivity contribution >= 4 is 11.6 Å². The molecule has 0 amide bonds. The molecule has 1 heterocycles. The average molecular weight is 176 g/mol. The quantitative estimate of drug-likeness (QED) is 0.583. The number of nitrogens with zero attached hydrogens (tertiary/aromatic N) is 1. The molecule has 0 unspecified atom stereocenters. The van der Waals surface area contributed by atoms with Gasteiger partial charge in [-0.15, -0.1) is 11.6 Å². The molecule has 0 N–H and O–H groups in total. The van der Waals surface area contributed by atoms with Crippen LogP contribution in [0.3, 0.4) is 0 Å². The number of rotatable bonds is 2. The minimum atomic E-state index is 0.518. The molecule has 66 valence electrons. The molecular formula is C9H18ClN. The maximum Gasteiger partial charge on any atom is 0.0351 e. The van der Waals surface area contributed by atoms with Crippen molar-refractivity contribution in [3.8, 4) is 0 Å². The van der Waals surface area contributed by atoms with Crippen molar-refractivity contribution in [2.45, 2.75) is 26.7 Å². The van der Waals surface area contributed by atoms with Crippen LogP contribution in [0, 0.1) is 5.41 Å². The molecule has 0 bridgehead atoms. The summed E-state index contributed by atoms with van der Waals surface area (Å²) in [5.74, 6) is 0.774. The molecule has 0 aromatic heterocycles. The van der Waals surface area contributed by atoms with Crippen LogP contribution in [0.2, 0.25) is 0 Å². The molecular weight excluding hydrogens is 158 g/mol. The van der Waals surface area contributed by atoms with Crippen molar-refractivity contribution in [3.05, 3.63) is 0 Å². The van der Waals surface area contributed by atoms with Crippen LogP contribution in [0.1, 0.15) is 26.7 Å². The Morgan fingerprint density at radius 1 is 1.45 bits per heavy atom. The van der Waals surface area contributed by atoms with E-state index in [0.29, 0.717) is 5.41 Å². The summed E-state index contributed by atoms with van der Waals surface area (Å²) >= 11 is 5.69. The fraction of sp³-hybridized carbons (Fsp3) is 1.00. The van der Waals surface area contributed by atoms with Gasteiger partial charge in [0, 0.05) is 19.0 Å². The third-order valence-corrected chi connectivity index (χ3v) is 2.55. The lowest BCUT2D eigenvalue weighted by molar-refractivity contribution is 0.124. The molecule has 1 aliphatic rings. The Hall–Kier alpha value is 0.250.